The molecule has 1 saturated carbocycles. The predicted octanol–water partition coefficient (Wildman–Crippen LogP) is 3.66. The van der Waals surface area contributed by atoms with Crippen LogP contribution in [0.4, 0.5) is 0 Å². The number of ether oxygens (including phenoxy) is 1. The Morgan fingerprint density at radius 3 is 2.83 bits per heavy atom. The van der Waals surface area contributed by atoms with Crippen molar-refractivity contribution in [3.63, 3.8) is 0 Å². The lowest BCUT2D eigenvalue weighted by Gasteiger charge is -2.37. The molecule has 1 N–H and O–H groups in total. The van der Waals surface area contributed by atoms with Gasteiger partial charge in [-0.15, -0.1) is 0 Å². The summed E-state index contributed by atoms with van der Waals surface area (Å²) in [7, 11) is 0. The van der Waals surface area contributed by atoms with Crippen molar-refractivity contribution in [2.24, 2.45) is 5.92 Å². The summed E-state index contributed by atoms with van der Waals surface area (Å²) in [6.45, 7) is 6.55. The van der Waals surface area contributed by atoms with Gasteiger partial charge in [-0.2, -0.15) is 12.6 Å². The van der Waals surface area contributed by atoms with Gasteiger partial charge in [-0.25, -0.2) is 0 Å². The van der Waals surface area contributed by atoms with E-state index < -0.39 is 0 Å². The van der Waals surface area contributed by atoms with E-state index >= 15 is 0 Å². The highest BCUT2D eigenvalue weighted by molar-refractivity contribution is 7.80. The third kappa shape index (κ3) is 3.79. The molecule has 3 heteroatoms. The van der Waals surface area contributed by atoms with Crippen molar-refractivity contribution in [2.45, 2.75) is 64.0 Å². The number of thiol groups is 1. The van der Waals surface area contributed by atoms with Crippen LogP contribution in [0.3, 0.4) is 0 Å². The standard InChI is InChI=1S/C15H25NOS/c1-4-12-5-10(2)6-14(7-12)17-15-8-13(9-15)16-11(3)18/h6-7,10-11,13,15-16,18H,4-5,8-9H2,1-3H3/t10?,11?,13-,15-. The molecule has 18 heavy (non-hydrogen) atoms. The molecule has 1 fully saturated rings. The van der Waals surface area contributed by atoms with Crippen LogP contribution in [0.1, 0.15) is 46.5 Å². The monoisotopic (exact) mass is 267 g/mol. The van der Waals surface area contributed by atoms with Crippen LogP contribution in [0.15, 0.2) is 23.5 Å². The van der Waals surface area contributed by atoms with Gasteiger partial charge in [-0.3, -0.25) is 0 Å². The Bertz CT molecular complexity index is 342. The summed E-state index contributed by atoms with van der Waals surface area (Å²) in [5.41, 5.74) is 1.51. The molecule has 2 nitrogen and oxygen atoms in total. The smallest absolute Gasteiger partial charge is 0.115 e. The van der Waals surface area contributed by atoms with Crippen LogP contribution in [0, 0.1) is 5.92 Å². The summed E-state index contributed by atoms with van der Waals surface area (Å²) in [6, 6.07) is 0.582. The molecule has 2 aliphatic rings. The number of hydrogen-bond acceptors (Lipinski definition) is 3. The zero-order valence-corrected chi connectivity index (χ0v) is 12.5. The van der Waals surface area contributed by atoms with E-state index in [-0.39, 0.29) is 5.37 Å². The molecule has 2 aliphatic carbocycles. The second-order valence-corrected chi connectivity index (χ2v) is 6.43. The molecule has 2 atom stereocenters. The largest absolute Gasteiger partial charge is 0.491 e. The van der Waals surface area contributed by atoms with Gasteiger partial charge < -0.3 is 10.1 Å². The van der Waals surface area contributed by atoms with Gasteiger partial charge in [-0.05, 0) is 50.7 Å². The van der Waals surface area contributed by atoms with Crippen molar-refractivity contribution >= 4 is 12.6 Å². The number of rotatable bonds is 5. The fourth-order valence-electron chi connectivity index (χ4n) is 2.71. The highest BCUT2D eigenvalue weighted by atomic mass is 32.1. The molecule has 0 saturated heterocycles. The normalized spacial score (nSPS) is 33.2. The van der Waals surface area contributed by atoms with Gasteiger partial charge in [0.05, 0.1) is 0 Å². The van der Waals surface area contributed by atoms with Gasteiger partial charge in [0.2, 0.25) is 0 Å². The van der Waals surface area contributed by atoms with Crippen LogP contribution in [-0.2, 0) is 4.74 Å². The topological polar surface area (TPSA) is 21.3 Å². The van der Waals surface area contributed by atoms with Crippen molar-refractivity contribution in [2.75, 3.05) is 0 Å². The Hall–Kier alpha value is -0.410. The van der Waals surface area contributed by atoms with Crippen molar-refractivity contribution < 1.29 is 4.74 Å². The van der Waals surface area contributed by atoms with Gasteiger partial charge in [0.25, 0.3) is 0 Å². The van der Waals surface area contributed by atoms with Crippen molar-refractivity contribution in [1.29, 1.82) is 0 Å². The molecular formula is C15H25NOS. The zero-order valence-electron chi connectivity index (χ0n) is 11.6. The molecule has 2 unspecified atom stereocenters. The molecule has 102 valence electrons. The Labute approximate surface area is 116 Å². The number of hydrogen-bond donors (Lipinski definition) is 2. The minimum Gasteiger partial charge on any atom is -0.491 e. The van der Waals surface area contributed by atoms with Crippen molar-refractivity contribution in [3.05, 3.63) is 23.5 Å². The van der Waals surface area contributed by atoms with Gasteiger partial charge in [0.15, 0.2) is 0 Å². The Morgan fingerprint density at radius 1 is 1.50 bits per heavy atom. The lowest BCUT2D eigenvalue weighted by Crippen LogP contribution is -2.47. The average Bonchev–Trinajstić information content (AvgIpc) is 2.24. The lowest BCUT2D eigenvalue weighted by atomic mass is 9.88. The van der Waals surface area contributed by atoms with Crippen LogP contribution in [0.5, 0.6) is 0 Å². The van der Waals surface area contributed by atoms with Gasteiger partial charge in [0, 0.05) is 11.4 Å². The van der Waals surface area contributed by atoms with Gasteiger partial charge >= 0.3 is 0 Å². The third-order valence-electron chi connectivity index (χ3n) is 3.71. The molecule has 0 bridgehead atoms. The fourth-order valence-corrected chi connectivity index (χ4v) is 2.92. The maximum Gasteiger partial charge on any atom is 0.115 e. The average molecular weight is 267 g/mol. The molecule has 0 aromatic heterocycles. The Kier molecular flexibility index (Phi) is 4.79. The van der Waals surface area contributed by atoms with E-state index in [0.29, 0.717) is 18.1 Å². The Balaban J connectivity index is 1.79. The molecule has 0 heterocycles. The van der Waals surface area contributed by atoms with Gasteiger partial charge in [-0.1, -0.05) is 19.4 Å². The molecule has 0 aromatic carbocycles. The van der Waals surface area contributed by atoms with Crippen molar-refractivity contribution in [3.8, 4) is 0 Å². The minimum absolute atomic E-state index is 0.274. The maximum absolute atomic E-state index is 6.06. The zero-order chi connectivity index (χ0) is 13.1. The first-order valence-electron chi connectivity index (χ1n) is 7.08. The van der Waals surface area contributed by atoms with E-state index in [9.17, 15) is 0 Å². The van der Waals surface area contributed by atoms with E-state index in [2.05, 4.69) is 50.9 Å². The second kappa shape index (κ2) is 6.16. The Morgan fingerprint density at radius 2 is 2.22 bits per heavy atom. The lowest BCUT2D eigenvalue weighted by molar-refractivity contribution is 0.0314. The van der Waals surface area contributed by atoms with Gasteiger partial charge in [0.1, 0.15) is 11.9 Å². The minimum atomic E-state index is 0.274. The SMILES string of the molecule is CCC1=CC(O[C@H]2C[C@H](NC(C)S)C2)=CC(C)C1. The number of allylic oxidation sites excluding steroid dienone is 3. The van der Waals surface area contributed by atoms with Crippen LogP contribution >= 0.6 is 12.6 Å². The summed E-state index contributed by atoms with van der Waals surface area (Å²) in [5.74, 6) is 1.71. The summed E-state index contributed by atoms with van der Waals surface area (Å²) in [6.07, 6.45) is 9.42. The van der Waals surface area contributed by atoms with E-state index in [1.54, 1.807) is 0 Å². The van der Waals surface area contributed by atoms with E-state index in [4.69, 9.17) is 4.74 Å². The highest BCUT2D eigenvalue weighted by Crippen LogP contribution is 2.30. The van der Waals surface area contributed by atoms with E-state index in [0.717, 1.165) is 25.0 Å². The first kappa shape index (κ1) is 14.0. The third-order valence-corrected chi connectivity index (χ3v) is 3.86. The maximum atomic E-state index is 6.06. The van der Waals surface area contributed by atoms with Crippen LogP contribution in [-0.4, -0.2) is 17.5 Å². The quantitative estimate of drug-likeness (QED) is 0.586. The predicted molar refractivity (Wildman–Crippen MR) is 79.7 cm³/mol. The summed E-state index contributed by atoms with van der Waals surface area (Å²) in [4.78, 5) is 0. The molecule has 0 amide bonds. The molecule has 0 aromatic rings. The molecule has 2 rings (SSSR count). The molecule has 0 spiro atoms. The van der Waals surface area contributed by atoms with E-state index in [1.165, 1.54) is 12.0 Å². The first-order chi connectivity index (χ1) is 8.56. The van der Waals surface area contributed by atoms with E-state index in [1.807, 2.05) is 0 Å². The summed E-state index contributed by atoms with van der Waals surface area (Å²) >= 11 is 4.35. The second-order valence-electron chi connectivity index (χ2n) is 5.66. The van der Waals surface area contributed by atoms with Crippen molar-refractivity contribution in [1.82, 2.24) is 5.32 Å². The van der Waals surface area contributed by atoms with Crippen LogP contribution < -0.4 is 5.32 Å². The molecular weight excluding hydrogens is 242 g/mol. The molecule has 0 radical (unpaired) electrons. The van der Waals surface area contributed by atoms with Crippen LogP contribution in [0.25, 0.3) is 0 Å². The number of nitrogens with one attached hydrogen (secondary N) is 1. The summed E-state index contributed by atoms with van der Waals surface area (Å²) < 4.78 is 6.06. The first-order valence-corrected chi connectivity index (χ1v) is 7.60. The van der Waals surface area contributed by atoms with Crippen LogP contribution in [0.2, 0.25) is 0 Å². The summed E-state index contributed by atoms with van der Waals surface area (Å²) in [5, 5.41) is 3.70. The highest BCUT2D eigenvalue weighted by Gasteiger charge is 2.31. The molecule has 0 aliphatic heterocycles. The fraction of sp³-hybridized carbons (Fsp3) is 0.733.